The van der Waals surface area contributed by atoms with Crippen LogP contribution in [0.5, 0.6) is 5.75 Å². The number of ether oxygens (including phenoxy) is 1. The van der Waals surface area contributed by atoms with E-state index in [0.29, 0.717) is 13.2 Å². The van der Waals surface area contributed by atoms with Gasteiger partial charge in [0.1, 0.15) is 18.5 Å². The predicted octanol–water partition coefficient (Wildman–Crippen LogP) is 1.77. The molecule has 0 spiro atoms. The fourth-order valence-electron chi connectivity index (χ4n) is 1.97. The summed E-state index contributed by atoms with van der Waals surface area (Å²) in [4.78, 5) is 0. The molecule has 0 bridgehead atoms. The largest absolute Gasteiger partial charge is 0.491 e. The highest BCUT2D eigenvalue weighted by molar-refractivity contribution is 7.99. The number of thioether (sulfide) groups is 1. The molecule has 2 rings (SSSR count). The highest BCUT2D eigenvalue weighted by Gasteiger charge is 2.15. The van der Waals surface area contributed by atoms with Crippen molar-refractivity contribution in [1.82, 2.24) is 5.32 Å². The monoisotopic (exact) mass is 267 g/mol. The van der Waals surface area contributed by atoms with Gasteiger partial charge in [-0.2, -0.15) is 11.8 Å². The van der Waals surface area contributed by atoms with E-state index in [0.717, 1.165) is 18.2 Å². The highest BCUT2D eigenvalue weighted by Crippen LogP contribution is 2.22. The summed E-state index contributed by atoms with van der Waals surface area (Å²) in [5, 5.41) is 13.1. The van der Waals surface area contributed by atoms with Crippen molar-refractivity contribution in [1.29, 1.82) is 0 Å². The first kappa shape index (κ1) is 13.7. The van der Waals surface area contributed by atoms with Gasteiger partial charge >= 0.3 is 0 Å². The summed E-state index contributed by atoms with van der Waals surface area (Å²) < 4.78 is 5.50. The van der Waals surface area contributed by atoms with Gasteiger partial charge in [-0.3, -0.25) is 0 Å². The molecule has 1 aromatic carbocycles. The van der Waals surface area contributed by atoms with E-state index in [1.54, 1.807) is 0 Å². The minimum atomic E-state index is -0.445. The Morgan fingerprint density at radius 1 is 1.39 bits per heavy atom. The zero-order chi connectivity index (χ0) is 12.6. The molecule has 2 atom stereocenters. The minimum absolute atomic E-state index is 0.344. The lowest BCUT2D eigenvalue weighted by Crippen LogP contribution is -2.34. The van der Waals surface area contributed by atoms with Crippen LogP contribution in [0.15, 0.2) is 30.3 Å². The van der Waals surface area contributed by atoms with E-state index in [4.69, 9.17) is 4.74 Å². The van der Waals surface area contributed by atoms with Crippen molar-refractivity contribution in [2.75, 3.05) is 31.2 Å². The second-order valence-corrected chi connectivity index (χ2v) is 5.82. The van der Waals surface area contributed by atoms with Gasteiger partial charge in [-0.05, 0) is 42.5 Å². The lowest BCUT2D eigenvalue weighted by atomic mass is 10.1. The molecule has 1 heterocycles. The summed E-state index contributed by atoms with van der Waals surface area (Å²) in [6.45, 7) is 1.96. The topological polar surface area (TPSA) is 41.5 Å². The van der Waals surface area contributed by atoms with Gasteiger partial charge in [0.2, 0.25) is 0 Å². The van der Waals surface area contributed by atoms with E-state index in [-0.39, 0.29) is 0 Å². The van der Waals surface area contributed by atoms with Crippen molar-refractivity contribution in [2.45, 2.75) is 12.5 Å². The third-order valence-corrected chi connectivity index (χ3v) is 4.25. The second kappa shape index (κ2) is 7.67. The summed E-state index contributed by atoms with van der Waals surface area (Å²) in [5.74, 6) is 4.12. The molecule has 3 nitrogen and oxygen atoms in total. The van der Waals surface area contributed by atoms with Gasteiger partial charge in [0, 0.05) is 6.54 Å². The third kappa shape index (κ3) is 4.88. The quantitative estimate of drug-likeness (QED) is 0.790. The first-order valence-electron chi connectivity index (χ1n) is 6.49. The lowest BCUT2D eigenvalue weighted by molar-refractivity contribution is 0.106. The van der Waals surface area contributed by atoms with E-state index >= 15 is 0 Å². The van der Waals surface area contributed by atoms with Crippen LogP contribution in [0.3, 0.4) is 0 Å². The van der Waals surface area contributed by atoms with Crippen molar-refractivity contribution in [2.24, 2.45) is 5.92 Å². The van der Waals surface area contributed by atoms with E-state index in [9.17, 15) is 5.11 Å². The van der Waals surface area contributed by atoms with Gasteiger partial charge in [-0.1, -0.05) is 18.2 Å². The van der Waals surface area contributed by atoms with Crippen LogP contribution in [0.2, 0.25) is 0 Å². The molecular weight excluding hydrogens is 246 g/mol. The zero-order valence-corrected chi connectivity index (χ0v) is 11.4. The first-order chi connectivity index (χ1) is 8.84. The fraction of sp³-hybridized carbons (Fsp3) is 0.571. The van der Waals surface area contributed by atoms with Gasteiger partial charge in [-0.25, -0.2) is 0 Å². The summed E-state index contributed by atoms with van der Waals surface area (Å²) >= 11 is 2.02. The second-order valence-electron chi connectivity index (χ2n) is 4.67. The van der Waals surface area contributed by atoms with Crippen LogP contribution in [-0.4, -0.2) is 42.4 Å². The molecule has 0 amide bonds. The number of rotatable bonds is 7. The maximum Gasteiger partial charge on any atom is 0.119 e. The fourth-order valence-corrected chi connectivity index (χ4v) is 3.25. The van der Waals surface area contributed by atoms with E-state index < -0.39 is 6.10 Å². The van der Waals surface area contributed by atoms with Crippen molar-refractivity contribution in [3.8, 4) is 5.75 Å². The molecular formula is C14H21NO2S. The van der Waals surface area contributed by atoms with Crippen molar-refractivity contribution < 1.29 is 9.84 Å². The maximum atomic E-state index is 9.79. The SMILES string of the molecule is OC(CNCC1CCSC1)COc1ccccc1. The average molecular weight is 267 g/mol. The smallest absolute Gasteiger partial charge is 0.119 e. The predicted molar refractivity (Wildman–Crippen MR) is 76.2 cm³/mol. The van der Waals surface area contributed by atoms with Gasteiger partial charge in [0.15, 0.2) is 0 Å². The maximum absolute atomic E-state index is 9.79. The van der Waals surface area contributed by atoms with Crippen LogP contribution in [0.25, 0.3) is 0 Å². The Bertz CT molecular complexity index is 328. The first-order valence-corrected chi connectivity index (χ1v) is 7.64. The summed E-state index contributed by atoms with van der Waals surface area (Å²) in [5.41, 5.74) is 0. The molecule has 2 unspecified atom stereocenters. The van der Waals surface area contributed by atoms with Crippen LogP contribution >= 0.6 is 11.8 Å². The molecule has 1 aliphatic rings. The van der Waals surface area contributed by atoms with E-state index in [2.05, 4.69) is 5.32 Å². The van der Waals surface area contributed by atoms with Crippen molar-refractivity contribution >= 4 is 11.8 Å². The van der Waals surface area contributed by atoms with Crippen molar-refractivity contribution in [3.63, 3.8) is 0 Å². The Kier molecular flexibility index (Phi) is 5.84. The average Bonchev–Trinajstić information content (AvgIpc) is 2.91. The molecule has 1 fully saturated rings. The summed E-state index contributed by atoms with van der Waals surface area (Å²) in [6.07, 6.45) is 0.855. The molecule has 1 saturated heterocycles. The number of benzene rings is 1. The summed E-state index contributed by atoms with van der Waals surface area (Å²) in [7, 11) is 0. The Morgan fingerprint density at radius 3 is 2.94 bits per heavy atom. The van der Waals surface area contributed by atoms with Crippen LogP contribution in [-0.2, 0) is 0 Å². The Balaban J connectivity index is 1.56. The molecule has 100 valence electrons. The molecule has 18 heavy (non-hydrogen) atoms. The molecule has 0 radical (unpaired) electrons. The van der Waals surface area contributed by atoms with E-state index in [1.165, 1.54) is 17.9 Å². The number of aliphatic hydroxyl groups excluding tert-OH is 1. The van der Waals surface area contributed by atoms with Crippen molar-refractivity contribution in [3.05, 3.63) is 30.3 Å². The number of aliphatic hydroxyl groups is 1. The van der Waals surface area contributed by atoms with Crippen LogP contribution in [0.4, 0.5) is 0 Å². The van der Waals surface area contributed by atoms with Crippen LogP contribution in [0, 0.1) is 5.92 Å². The zero-order valence-electron chi connectivity index (χ0n) is 10.5. The van der Waals surface area contributed by atoms with Gasteiger partial charge in [0.05, 0.1) is 0 Å². The van der Waals surface area contributed by atoms with Gasteiger partial charge in [-0.15, -0.1) is 0 Å². The highest BCUT2D eigenvalue weighted by atomic mass is 32.2. The minimum Gasteiger partial charge on any atom is -0.491 e. The number of para-hydroxylation sites is 1. The van der Waals surface area contributed by atoms with Crippen LogP contribution < -0.4 is 10.1 Å². The Morgan fingerprint density at radius 2 is 2.22 bits per heavy atom. The normalized spacial score (nSPS) is 20.8. The third-order valence-electron chi connectivity index (χ3n) is 3.02. The number of hydrogen-bond donors (Lipinski definition) is 2. The number of nitrogens with one attached hydrogen (secondary N) is 1. The van der Waals surface area contributed by atoms with Crippen LogP contribution in [0.1, 0.15) is 6.42 Å². The van der Waals surface area contributed by atoms with Gasteiger partial charge < -0.3 is 15.2 Å². The van der Waals surface area contributed by atoms with E-state index in [1.807, 2.05) is 42.1 Å². The molecule has 2 N–H and O–H groups in total. The van der Waals surface area contributed by atoms with Gasteiger partial charge in [0.25, 0.3) is 0 Å². The number of hydrogen-bond acceptors (Lipinski definition) is 4. The lowest BCUT2D eigenvalue weighted by Gasteiger charge is -2.15. The molecule has 0 aliphatic carbocycles. The molecule has 0 saturated carbocycles. The molecule has 0 aromatic heterocycles. The standard InChI is InChI=1S/C14H21NO2S/c16-13(9-15-8-12-6-7-18-11-12)10-17-14-4-2-1-3-5-14/h1-5,12-13,15-16H,6-11H2. The molecule has 1 aromatic rings. The molecule has 4 heteroatoms. The summed E-state index contributed by atoms with van der Waals surface area (Å²) in [6, 6.07) is 9.60. The Labute approximate surface area is 113 Å². The Hall–Kier alpha value is -0.710. The molecule has 1 aliphatic heterocycles.